The van der Waals surface area contributed by atoms with Crippen molar-refractivity contribution < 1.29 is 0 Å². The molecule has 2 rings (SSSR count). The van der Waals surface area contributed by atoms with Crippen molar-refractivity contribution in [1.29, 1.82) is 0 Å². The first-order chi connectivity index (χ1) is 8.31. The SMILES string of the molecule is NCCCc1ccc(C2CCSCC2)c(Br)c1. The Kier molecular flexibility index (Phi) is 5.39. The molecule has 1 aromatic carbocycles. The van der Waals surface area contributed by atoms with E-state index >= 15 is 0 Å². The van der Waals surface area contributed by atoms with Crippen LogP contribution in [0.5, 0.6) is 0 Å². The van der Waals surface area contributed by atoms with Crippen LogP contribution in [-0.2, 0) is 6.42 Å². The fraction of sp³-hybridized carbons (Fsp3) is 0.571. The summed E-state index contributed by atoms with van der Waals surface area (Å²) in [5.41, 5.74) is 8.45. The second kappa shape index (κ2) is 6.81. The van der Waals surface area contributed by atoms with Gasteiger partial charge in [0.1, 0.15) is 0 Å². The minimum absolute atomic E-state index is 0.759. The largest absolute Gasteiger partial charge is 0.330 e. The summed E-state index contributed by atoms with van der Waals surface area (Å²) in [7, 11) is 0. The number of benzene rings is 1. The van der Waals surface area contributed by atoms with Crippen molar-refractivity contribution in [3.05, 3.63) is 33.8 Å². The third-order valence-corrected chi connectivity index (χ3v) is 5.13. The van der Waals surface area contributed by atoms with Crippen LogP contribution in [0.2, 0.25) is 0 Å². The smallest absolute Gasteiger partial charge is 0.0212 e. The van der Waals surface area contributed by atoms with Gasteiger partial charge in [0.25, 0.3) is 0 Å². The van der Waals surface area contributed by atoms with Gasteiger partial charge in [0.2, 0.25) is 0 Å². The molecule has 0 bridgehead atoms. The summed E-state index contributed by atoms with van der Waals surface area (Å²) in [5.74, 6) is 3.38. The third kappa shape index (κ3) is 3.73. The molecule has 0 spiro atoms. The summed E-state index contributed by atoms with van der Waals surface area (Å²) in [6.45, 7) is 0.777. The molecule has 0 unspecified atom stereocenters. The van der Waals surface area contributed by atoms with E-state index in [0.29, 0.717) is 0 Å². The minimum atomic E-state index is 0.759. The van der Waals surface area contributed by atoms with Crippen molar-refractivity contribution in [3.63, 3.8) is 0 Å². The van der Waals surface area contributed by atoms with Crippen LogP contribution in [0, 0.1) is 0 Å². The van der Waals surface area contributed by atoms with E-state index in [9.17, 15) is 0 Å². The maximum absolute atomic E-state index is 5.55. The predicted octanol–water partition coefficient (Wildman–Crippen LogP) is 3.95. The molecule has 1 nitrogen and oxygen atoms in total. The summed E-state index contributed by atoms with van der Waals surface area (Å²) in [4.78, 5) is 0. The van der Waals surface area contributed by atoms with Crippen molar-refractivity contribution in [2.24, 2.45) is 5.73 Å². The van der Waals surface area contributed by atoms with Crippen LogP contribution >= 0.6 is 27.7 Å². The lowest BCUT2D eigenvalue weighted by Gasteiger charge is -2.23. The molecule has 1 aliphatic heterocycles. The number of hydrogen-bond acceptors (Lipinski definition) is 2. The van der Waals surface area contributed by atoms with Crippen LogP contribution in [-0.4, -0.2) is 18.1 Å². The summed E-state index contributed by atoms with van der Waals surface area (Å²) in [5, 5.41) is 0. The fourth-order valence-corrected chi connectivity index (χ4v) is 4.23. The number of nitrogens with two attached hydrogens (primary N) is 1. The van der Waals surface area contributed by atoms with E-state index in [1.807, 2.05) is 0 Å². The van der Waals surface area contributed by atoms with Crippen LogP contribution in [0.25, 0.3) is 0 Å². The Hall–Kier alpha value is 0.01000. The summed E-state index contributed by atoms with van der Waals surface area (Å²) >= 11 is 5.82. The lowest BCUT2D eigenvalue weighted by Crippen LogP contribution is -2.08. The Bertz CT molecular complexity index is 361. The molecule has 1 aromatic rings. The van der Waals surface area contributed by atoms with Gasteiger partial charge in [-0.05, 0) is 66.8 Å². The molecular weight excluding hydrogens is 294 g/mol. The average molecular weight is 314 g/mol. The Balaban J connectivity index is 2.07. The second-order valence-corrected chi connectivity index (χ2v) is 6.71. The van der Waals surface area contributed by atoms with Crippen LogP contribution in [0.4, 0.5) is 0 Å². The number of aryl methyl sites for hydroxylation is 1. The first-order valence-corrected chi connectivity index (χ1v) is 8.32. The molecule has 17 heavy (non-hydrogen) atoms. The Morgan fingerprint density at radius 1 is 1.29 bits per heavy atom. The van der Waals surface area contributed by atoms with Gasteiger partial charge >= 0.3 is 0 Å². The first-order valence-electron chi connectivity index (χ1n) is 6.37. The van der Waals surface area contributed by atoms with Gasteiger partial charge in [-0.3, -0.25) is 0 Å². The highest BCUT2D eigenvalue weighted by Gasteiger charge is 2.17. The zero-order chi connectivity index (χ0) is 12.1. The van der Waals surface area contributed by atoms with Gasteiger partial charge in [0.05, 0.1) is 0 Å². The molecule has 0 aromatic heterocycles. The monoisotopic (exact) mass is 313 g/mol. The molecule has 1 fully saturated rings. The fourth-order valence-electron chi connectivity index (χ4n) is 2.37. The lowest BCUT2D eigenvalue weighted by molar-refractivity contribution is 0.634. The molecule has 0 amide bonds. The molecule has 2 N–H and O–H groups in total. The molecule has 1 heterocycles. The van der Waals surface area contributed by atoms with Crippen molar-refractivity contribution >= 4 is 27.7 Å². The standard InChI is InChI=1S/C14H20BrNS/c15-14-10-11(2-1-7-16)3-4-13(14)12-5-8-17-9-6-12/h3-4,10,12H,1-2,5-9,16H2. The van der Waals surface area contributed by atoms with E-state index in [1.54, 1.807) is 0 Å². The van der Waals surface area contributed by atoms with E-state index < -0.39 is 0 Å². The summed E-state index contributed by atoms with van der Waals surface area (Å²) in [6, 6.07) is 6.88. The van der Waals surface area contributed by atoms with Crippen molar-refractivity contribution in [1.82, 2.24) is 0 Å². The Morgan fingerprint density at radius 3 is 2.71 bits per heavy atom. The van der Waals surface area contributed by atoms with Gasteiger partial charge in [0.15, 0.2) is 0 Å². The van der Waals surface area contributed by atoms with E-state index in [4.69, 9.17) is 5.73 Å². The van der Waals surface area contributed by atoms with Crippen molar-refractivity contribution in [3.8, 4) is 0 Å². The number of thioether (sulfide) groups is 1. The van der Waals surface area contributed by atoms with Gasteiger partial charge in [0, 0.05) is 4.47 Å². The molecule has 0 aliphatic carbocycles. The first kappa shape index (κ1) is 13.4. The highest BCUT2D eigenvalue weighted by molar-refractivity contribution is 9.10. The molecule has 1 aliphatic rings. The van der Waals surface area contributed by atoms with Gasteiger partial charge in [-0.15, -0.1) is 0 Å². The highest BCUT2D eigenvalue weighted by Crippen LogP contribution is 2.35. The number of rotatable bonds is 4. The van der Waals surface area contributed by atoms with Crippen LogP contribution in [0.1, 0.15) is 36.3 Å². The van der Waals surface area contributed by atoms with Crippen molar-refractivity contribution in [2.45, 2.75) is 31.6 Å². The van der Waals surface area contributed by atoms with E-state index in [1.165, 1.54) is 39.9 Å². The molecule has 0 atom stereocenters. The number of halogens is 1. The maximum atomic E-state index is 5.55. The minimum Gasteiger partial charge on any atom is -0.330 e. The zero-order valence-electron chi connectivity index (χ0n) is 10.1. The van der Waals surface area contributed by atoms with E-state index in [0.717, 1.165) is 25.3 Å². The van der Waals surface area contributed by atoms with Gasteiger partial charge < -0.3 is 5.73 Å². The van der Waals surface area contributed by atoms with Crippen LogP contribution < -0.4 is 5.73 Å². The highest BCUT2D eigenvalue weighted by atomic mass is 79.9. The van der Waals surface area contributed by atoms with E-state index in [-0.39, 0.29) is 0 Å². The summed E-state index contributed by atoms with van der Waals surface area (Å²) in [6.07, 6.45) is 4.82. The molecular formula is C14H20BrNS. The molecule has 0 radical (unpaired) electrons. The number of hydrogen-bond donors (Lipinski definition) is 1. The quantitative estimate of drug-likeness (QED) is 0.910. The third-order valence-electron chi connectivity index (χ3n) is 3.40. The molecule has 3 heteroatoms. The average Bonchev–Trinajstić information content (AvgIpc) is 2.37. The molecule has 94 valence electrons. The van der Waals surface area contributed by atoms with Crippen molar-refractivity contribution in [2.75, 3.05) is 18.1 Å². The Morgan fingerprint density at radius 2 is 2.06 bits per heavy atom. The Labute approximate surface area is 117 Å². The van der Waals surface area contributed by atoms with Gasteiger partial charge in [-0.2, -0.15) is 11.8 Å². The maximum Gasteiger partial charge on any atom is 0.0212 e. The van der Waals surface area contributed by atoms with Crippen LogP contribution in [0.15, 0.2) is 22.7 Å². The predicted molar refractivity (Wildman–Crippen MR) is 80.8 cm³/mol. The normalized spacial score (nSPS) is 17.3. The van der Waals surface area contributed by atoms with Gasteiger partial charge in [-0.1, -0.05) is 28.1 Å². The molecule has 1 saturated heterocycles. The zero-order valence-corrected chi connectivity index (χ0v) is 12.5. The second-order valence-electron chi connectivity index (χ2n) is 4.63. The van der Waals surface area contributed by atoms with Crippen LogP contribution in [0.3, 0.4) is 0 Å². The summed E-state index contributed by atoms with van der Waals surface area (Å²) < 4.78 is 1.30. The lowest BCUT2D eigenvalue weighted by atomic mass is 9.92. The topological polar surface area (TPSA) is 26.0 Å². The molecule has 0 saturated carbocycles. The van der Waals surface area contributed by atoms with E-state index in [2.05, 4.69) is 45.9 Å². The van der Waals surface area contributed by atoms with Gasteiger partial charge in [-0.25, -0.2) is 0 Å².